The van der Waals surface area contributed by atoms with E-state index in [2.05, 4.69) is 19.2 Å². The summed E-state index contributed by atoms with van der Waals surface area (Å²) < 4.78 is 5.79. The molecule has 1 atom stereocenters. The molecule has 5 nitrogen and oxygen atoms in total. The van der Waals surface area contributed by atoms with Crippen molar-refractivity contribution in [3.63, 3.8) is 0 Å². The maximum Gasteiger partial charge on any atom is 0.265 e. The first-order valence-corrected chi connectivity index (χ1v) is 9.82. The van der Waals surface area contributed by atoms with Crippen LogP contribution in [-0.4, -0.2) is 35.9 Å². The highest BCUT2D eigenvalue weighted by Crippen LogP contribution is 2.21. The van der Waals surface area contributed by atoms with Gasteiger partial charge in [-0.05, 0) is 68.7 Å². The Kier molecular flexibility index (Phi) is 7.61. The molecule has 0 fully saturated rings. The van der Waals surface area contributed by atoms with Gasteiger partial charge in [0.05, 0.1) is 0 Å². The van der Waals surface area contributed by atoms with Crippen LogP contribution in [0.5, 0.6) is 5.75 Å². The molecule has 0 aliphatic rings. The van der Waals surface area contributed by atoms with Crippen LogP contribution in [0.15, 0.2) is 48.5 Å². The van der Waals surface area contributed by atoms with Crippen LogP contribution >= 0.6 is 0 Å². The Balaban J connectivity index is 1.98. The number of anilines is 1. The Morgan fingerprint density at radius 3 is 2.21 bits per heavy atom. The van der Waals surface area contributed by atoms with Crippen molar-refractivity contribution in [2.75, 3.05) is 18.4 Å². The average molecular weight is 383 g/mol. The smallest absolute Gasteiger partial charge is 0.265 e. The fourth-order valence-electron chi connectivity index (χ4n) is 2.84. The van der Waals surface area contributed by atoms with E-state index in [1.54, 1.807) is 36.1 Å². The normalized spacial score (nSPS) is 11.8. The summed E-state index contributed by atoms with van der Waals surface area (Å²) in [6, 6.07) is 14.7. The average Bonchev–Trinajstić information content (AvgIpc) is 2.69. The van der Waals surface area contributed by atoms with E-state index in [4.69, 9.17) is 4.74 Å². The van der Waals surface area contributed by atoms with Crippen LogP contribution in [-0.2, 0) is 4.79 Å². The van der Waals surface area contributed by atoms with Crippen LogP contribution in [0.2, 0.25) is 0 Å². The van der Waals surface area contributed by atoms with Gasteiger partial charge in [-0.2, -0.15) is 0 Å². The molecule has 0 aliphatic carbocycles. The number of carbonyl (C=O) groups excluding carboxylic acids is 2. The van der Waals surface area contributed by atoms with E-state index in [0.29, 0.717) is 36.0 Å². The molecule has 2 aromatic carbocycles. The fraction of sp³-hybridized carbons (Fsp3) is 0.391. The summed E-state index contributed by atoms with van der Waals surface area (Å²) in [6.45, 7) is 11.2. The fourth-order valence-corrected chi connectivity index (χ4v) is 2.84. The molecule has 0 aromatic heterocycles. The number of ether oxygens (including phenoxy) is 1. The lowest BCUT2D eigenvalue weighted by molar-refractivity contribution is -0.122. The molecule has 0 spiro atoms. The van der Waals surface area contributed by atoms with Crippen molar-refractivity contribution in [3.05, 3.63) is 59.7 Å². The number of nitrogens with zero attached hydrogens (tertiary/aromatic N) is 1. The van der Waals surface area contributed by atoms with Gasteiger partial charge in [0.2, 0.25) is 0 Å². The Hall–Kier alpha value is -2.82. The monoisotopic (exact) mass is 382 g/mol. The van der Waals surface area contributed by atoms with Crippen molar-refractivity contribution in [2.24, 2.45) is 0 Å². The summed E-state index contributed by atoms with van der Waals surface area (Å²) in [7, 11) is 0. The molecule has 28 heavy (non-hydrogen) atoms. The summed E-state index contributed by atoms with van der Waals surface area (Å²) in [4.78, 5) is 26.5. The van der Waals surface area contributed by atoms with Gasteiger partial charge >= 0.3 is 0 Å². The first kappa shape index (κ1) is 21.5. The Morgan fingerprint density at radius 1 is 1.00 bits per heavy atom. The van der Waals surface area contributed by atoms with Crippen LogP contribution < -0.4 is 10.1 Å². The number of benzene rings is 2. The van der Waals surface area contributed by atoms with Gasteiger partial charge in [-0.3, -0.25) is 9.59 Å². The largest absolute Gasteiger partial charge is 0.481 e. The summed E-state index contributed by atoms with van der Waals surface area (Å²) in [5, 5.41) is 2.83. The molecule has 0 aliphatic heterocycles. The summed E-state index contributed by atoms with van der Waals surface area (Å²) in [5.74, 6) is 0.821. The molecule has 0 saturated carbocycles. The summed E-state index contributed by atoms with van der Waals surface area (Å²) in [5.41, 5.74) is 2.41. The Bertz CT molecular complexity index is 796. The second-order valence-electron chi connectivity index (χ2n) is 7.03. The van der Waals surface area contributed by atoms with E-state index in [1.807, 2.05) is 38.1 Å². The van der Waals surface area contributed by atoms with E-state index < -0.39 is 6.10 Å². The molecule has 5 heteroatoms. The maximum atomic E-state index is 12.4. The van der Waals surface area contributed by atoms with Crippen molar-refractivity contribution in [3.8, 4) is 5.75 Å². The molecule has 2 aromatic rings. The van der Waals surface area contributed by atoms with Gasteiger partial charge in [0.1, 0.15) is 5.75 Å². The van der Waals surface area contributed by atoms with Gasteiger partial charge in [-0.1, -0.05) is 26.0 Å². The number of hydrogen-bond donors (Lipinski definition) is 1. The summed E-state index contributed by atoms with van der Waals surface area (Å²) >= 11 is 0. The summed E-state index contributed by atoms with van der Waals surface area (Å²) in [6.07, 6.45) is -0.639. The molecule has 0 radical (unpaired) electrons. The van der Waals surface area contributed by atoms with Gasteiger partial charge in [-0.15, -0.1) is 0 Å². The minimum Gasteiger partial charge on any atom is -0.481 e. The van der Waals surface area contributed by atoms with Crippen molar-refractivity contribution in [2.45, 2.75) is 46.6 Å². The lowest BCUT2D eigenvalue weighted by Crippen LogP contribution is -2.31. The lowest BCUT2D eigenvalue weighted by Gasteiger charge is -2.19. The van der Waals surface area contributed by atoms with Gasteiger partial charge < -0.3 is 15.0 Å². The third-order valence-electron chi connectivity index (χ3n) is 4.66. The van der Waals surface area contributed by atoms with E-state index >= 15 is 0 Å². The van der Waals surface area contributed by atoms with E-state index in [-0.39, 0.29) is 11.8 Å². The zero-order valence-electron chi connectivity index (χ0n) is 17.4. The van der Waals surface area contributed by atoms with Crippen LogP contribution in [0, 0.1) is 0 Å². The number of carbonyl (C=O) groups is 2. The van der Waals surface area contributed by atoms with Crippen LogP contribution in [0.4, 0.5) is 5.69 Å². The third-order valence-corrected chi connectivity index (χ3v) is 4.66. The first-order chi connectivity index (χ1) is 13.3. The van der Waals surface area contributed by atoms with Gasteiger partial charge in [-0.25, -0.2) is 0 Å². The molecule has 1 unspecified atom stereocenters. The predicted octanol–water partition coefficient (Wildman–Crippen LogP) is 4.70. The first-order valence-electron chi connectivity index (χ1n) is 9.82. The van der Waals surface area contributed by atoms with E-state index in [0.717, 1.165) is 0 Å². The second kappa shape index (κ2) is 9.93. The minimum atomic E-state index is -0.639. The number of hydrogen-bond acceptors (Lipinski definition) is 3. The molecule has 2 amide bonds. The number of amides is 2. The standard InChI is InChI=1S/C23H30N2O3/c1-6-25(7-2)23(27)18-11-13-20(14-12-18)24-22(26)17(5)28-21-10-8-9-19(15-21)16(3)4/h8-17H,6-7H2,1-5H3,(H,24,26). The van der Waals surface area contributed by atoms with Crippen molar-refractivity contribution in [1.82, 2.24) is 4.90 Å². The van der Waals surface area contributed by atoms with Gasteiger partial charge in [0.15, 0.2) is 6.10 Å². The second-order valence-corrected chi connectivity index (χ2v) is 7.03. The topological polar surface area (TPSA) is 58.6 Å². The molecular formula is C23H30N2O3. The highest BCUT2D eigenvalue weighted by atomic mass is 16.5. The van der Waals surface area contributed by atoms with Crippen molar-refractivity contribution >= 4 is 17.5 Å². The Labute approximate surface area is 167 Å². The SMILES string of the molecule is CCN(CC)C(=O)c1ccc(NC(=O)C(C)Oc2cccc(C(C)C)c2)cc1. The van der Waals surface area contributed by atoms with Gasteiger partial charge in [0, 0.05) is 24.3 Å². The minimum absolute atomic E-state index is 0.00962. The predicted molar refractivity (Wildman–Crippen MR) is 113 cm³/mol. The molecule has 0 saturated heterocycles. The maximum absolute atomic E-state index is 12.4. The third kappa shape index (κ3) is 5.59. The Morgan fingerprint density at radius 2 is 1.64 bits per heavy atom. The van der Waals surface area contributed by atoms with Gasteiger partial charge in [0.25, 0.3) is 11.8 Å². The van der Waals surface area contributed by atoms with Crippen LogP contribution in [0.1, 0.15) is 56.5 Å². The van der Waals surface area contributed by atoms with Crippen molar-refractivity contribution < 1.29 is 14.3 Å². The molecule has 0 heterocycles. The molecule has 0 bridgehead atoms. The zero-order valence-corrected chi connectivity index (χ0v) is 17.4. The highest BCUT2D eigenvalue weighted by molar-refractivity contribution is 5.96. The van der Waals surface area contributed by atoms with E-state index in [1.165, 1.54) is 5.56 Å². The van der Waals surface area contributed by atoms with Crippen molar-refractivity contribution in [1.29, 1.82) is 0 Å². The van der Waals surface area contributed by atoms with Crippen LogP contribution in [0.25, 0.3) is 0 Å². The lowest BCUT2D eigenvalue weighted by atomic mass is 10.0. The molecule has 1 N–H and O–H groups in total. The molecule has 2 rings (SSSR count). The quantitative estimate of drug-likeness (QED) is 0.720. The molecule has 150 valence electrons. The number of nitrogens with one attached hydrogen (secondary N) is 1. The van der Waals surface area contributed by atoms with Crippen LogP contribution in [0.3, 0.4) is 0 Å². The zero-order chi connectivity index (χ0) is 20.7. The highest BCUT2D eigenvalue weighted by Gasteiger charge is 2.16. The van der Waals surface area contributed by atoms with E-state index in [9.17, 15) is 9.59 Å². The molecular weight excluding hydrogens is 352 g/mol. The number of rotatable bonds is 8.